The van der Waals surface area contributed by atoms with Gasteiger partial charge in [0.1, 0.15) is 0 Å². The molecule has 3 nitrogen and oxygen atoms in total. The minimum absolute atomic E-state index is 0.100. The molecule has 20 heavy (non-hydrogen) atoms. The van der Waals surface area contributed by atoms with Gasteiger partial charge in [-0.05, 0) is 49.0 Å². The van der Waals surface area contributed by atoms with E-state index in [2.05, 4.69) is 30.5 Å². The number of hydrogen-bond donors (Lipinski definition) is 1. The average molecular weight is 268 g/mol. The Bertz CT molecular complexity index is 570. The first-order valence-electron chi connectivity index (χ1n) is 7.26. The van der Waals surface area contributed by atoms with Crippen molar-refractivity contribution in [3.8, 4) is 6.07 Å². The molecule has 1 saturated carbocycles. The van der Waals surface area contributed by atoms with Crippen molar-refractivity contribution in [1.29, 1.82) is 5.26 Å². The molecule has 0 radical (unpaired) electrons. The van der Waals surface area contributed by atoms with Crippen LogP contribution in [0.3, 0.4) is 0 Å². The second kappa shape index (κ2) is 5.20. The Hall–Kier alpha value is -1.95. The Morgan fingerprint density at radius 2 is 2.15 bits per heavy atom. The fourth-order valence-electron chi connectivity index (χ4n) is 2.94. The Labute approximate surface area is 120 Å². The number of allylic oxidation sites excluding steroid dienone is 5. The largest absolute Gasteiger partial charge is 0.501 e. The molecule has 0 saturated heterocycles. The van der Waals surface area contributed by atoms with Crippen LogP contribution in [0.4, 0.5) is 0 Å². The third-order valence-corrected chi connectivity index (χ3v) is 4.22. The van der Waals surface area contributed by atoms with Gasteiger partial charge in [-0.15, -0.1) is 0 Å². The minimum atomic E-state index is -0.100. The van der Waals surface area contributed by atoms with Gasteiger partial charge in [-0.25, -0.2) is 0 Å². The first kappa shape index (κ1) is 13.1. The molecule has 1 fully saturated rings. The third kappa shape index (κ3) is 2.51. The van der Waals surface area contributed by atoms with Crippen molar-refractivity contribution in [1.82, 2.24) is 5.32 Å². The molecule has 0 amide bonds. The molecule has 104 valence electrons. The molecule has 1 heterocycles. The van der Waals surface area contributed by atoms with E-state index >= 15 is 0 Å². The maximum atomic E-state index is 9.17. The first-order valence-corrected chi connectivity index (χ1v) is 7.26. The highest BCUT2D eigenvalue weighted by Gasteiger charge is 2.31. The van der Waals surface area contributed by atoms with Crippen LogP contribution in [-0.4, -0.2) is 13.2 Å². The molecular weight excluding hydrogens is 248 g/mol. The zero-order valence-corrected chi connectivity index (χ0v) is 12.0. The van der Waals surface area contributed by atoms with Crippen molar-refractivity contribution in [3.63, 3.8) is 0 Å². The molecule has 1 N–H and O–H groups in total. The maximum absolute atomic E-state index is 9.17. The molecular formula is C17H20N2O. The summed E-state index contributed by atoms with van der Waals surface area (Å²) in [5.74, 6) is 1.56. The van der Waals surface area contributed by atoms with Crippen molar-refractivity contribution in [2.75, 3.05) is 7.11 Å². The summed E-state index contributed by atoms with van der Waals surface area (Å²) in [6.45, 7) is 2.21. The SMILES string of the molecule is COC1=CC(C2=CC=C(C3CC3)C(C)N2)=CC(C#N)C1. The molecule has 0 bridgehead atoms. The van der Waals surface area contributed by atoms with Crippen LogP contribution in [-0.2, 0) is 4.74 Å². The summed E-state index contributed by atoms with van der Waals surface area (Å²) >= 11 is 0. The quantitative estimate of drug-likeness (QED) is 0.855. The van der Waals surface area contributed by atoms with Crippen LogP contribution in [0, 0.1) is 23.2 Å². The average Bonchev–Trinajstić information content (AvgIpc) is 3.31. The lowest BCUT2D eigenvalue weighted by molar-refractivity contribution is 0.270. The fraction of sp³-hybridized carbons (Fsp3) is 0.471. The van der Waals surface area contributed by atoms with E-state index < -0.39 is 0 Å². The van der Waals surface area contributed by atoms with E-state index in [1.54, 1.807) is 7.11 Å². The molecule has 0 aromatic rings. The molecule has 2 atom stereocenters. The van der Waals surface area contributed by atoms with Crippen LogP contribution in [0.15, 0.2) is 46.9 Å². The topological polar surface area (TPSA) is 45.0 Å². The number of nitriles is 1. The molecule has 3 heteroatoms. The van der Waals surface area contributed by atoms with Crippen molar-refractivity contribution < 1.29 is 4.74 Å². The first-order chi connectivity index (χ1) is 9.71. The van der Waals surface area contributed by atoms with E-state index in [1.807, 2.05) is 12.2 Å². The molecule has 1 aliphatic heterocycles. The summed E-state index contributed by atoms with van der Waals surface area (Å²) in [7, 11) is 1.67. The standard InChI is InChI=1S/C17H20N2O/c1-11-16(13-3-4-13)5-6-17(19-11)14-7-12(10-18)8-15(9-14)20-2/h5-7,9,11-13,19H,3-4,8H2,1-2H3. The number of rotatable bonds is 3. The van der Waals surface area contributed by atoms with Crippen molar-refractivity contribution in [2.24, 2.45) is 11.8 Å². The number of ether oxygens (including phenoxy) is 1. The van der Waals surface area contributed by atoms with Crippen LogP contribution in [0.5, 0.6) is 0 Å². The summed E-state index contributed by atoms with van der Waals surface area (Å²) in [4.78, 5) is 0. The molecule has 2 unspecified atom stereocenters. The van der Waals surface area contributed by atoms with E-state index in [4.69, 9.17) is 10.00 Å². The van der Waals surface area contributed by atoms with Gasteiger partial charge in [0.25, 0.3) is 0 Å². The summed E-state index contributed by atoms with van der Waals surface area (Å²) in [5.41, 5.74) is 3.67. The Kier molecular flexibility index (Phi) is 3.40. The Balaban J connectivity index is 1.87. The normalized spacial score (nSPS) is 29.2. The van der Waals surface area contributed by atoms with Crippen molar-refractivity contribution in [3.05, 3.63) is 46.9 Å². The van der Waals surface area contributed by atoms with Gasteiger partial charge < -0.3 is 10.1 Å². The van der Waals surface area contributed by atoms with Gasteiger partial charge in [-0.1, -0.05) is 12.2 Å². The molecule has 3 aliphatic rings. The van der Waals surface area contributed by atoms with Crippen molar-refractivity contribution in [2.45, 2.75) is 32.2 Å². The molecule has 2 aliphatic carbocycles. The summed E-state index contributed by atoms with van der Waals surface area (Å²) < 4.78 is 5.34. The zero-order valence-electron chi connectivity index (χ0n) is 12.0. The van der Waals surface area contributed by atoms with Crippen LogP contribution in [0.2, 0.25) is 0 Å². The number of nitrogens with zero attached hydrogens (tertiary/aromatic N) is 1. The van der Waals surface area contributed by atoms with Gasteiger partial charge in [-0.3, -0.25) is 0 Å². The number of dihydropyridines is 1. The lowest BCUT2D eigenvalue weighted by Crippen LogP contribution is -2.31. The highest BCUT2D eigenvalue weighted by Crippen LogP contribution is 2.40. The van der Waals surface area contributed by atoms with Crippen molar-refractivity contribution >= 4 is 0 Å². The molecule has 3 rings (SSSR count). The lowest BCUT2D eigenvalue weighted by atomic mass is 9.91. The number of nitrogens with one attached hydrogen (secondary N) is 1. The minimum Gasteiger partial charge on any atom is -0.501 e. The number of hydrogen-bond acceptors (Lipinski definition) is 3. The molecule has 0 aromatic carbocycles. The zero-order chi connectivity index (χ0) is 14.1. The predicted octanol–water partition coefficient (Wildman–Crippen LogP) is 3.20. The highest BCUT2D eigenvalue weighted by atomic mass is 16.5. The summed E-state index contributed by atoms with van der Waals surface area (Å²) in [6.07, 6.45) is 11.8. The molecule has 0 spiro atoms. The van der Waals surface area contributed by atoms with Crippen LogP contribution >= 0.6 is 0 Å². The van der Waals surface area contributed by atoms with E-state index in [0.29, 0.717) is 12.5 Å². The van der Waals surface area contributed by atoms with Crippen LogP contribution in [0.1, 0.15) is 26.2 Å². The second-order valence-corrected chi connectivity index (χ2v) is 5.76. The molecule has 0 aromatic heterocycles. The fourth-order valence-corrected chi connectivity index (χ4v) is 2.94. The second-order valence-electron chi connectivity index (χ2n) is 5.76. The van der Waals surface area contributed by atoms with Gasteiger partial charge in [-0.2, -0.15) is 5.26 Å². The van der Waals surface area contributed by atoms with Crippen LogP contribution in [0.25, 0.3) is 0 Å². The number of methoxy groups -OCH3 is 1. The highest BCUT2D eigenvalue weighted by molar-refractivity contribution is 5.48. The summed E-state index contributed by atoms with van der Waals surface area (Å²) in [6, 6.07) is 2.70. The lowest BCUT2D eigenvalue weighted by Gasteiger charge is -2.27. The van der Waals surface area contributed by atoms with E-state index in [1.165, 1.54) is 18.4 Å². The van der Waals surface area contributed by atoms with Gasteiger partial charge in [0.05, 0.1) is 24.9 Å². The Morgan fingerprint density at radius 1 is 1.35 bits per heavy atom. The van der Waals surface area contributed by atoms with Gasteiger partial charge in [0.2, 0.25) is 0 Å². The Morgan fingerprint density at radius 3 is 2.75 bits per heavy atom. The summed E-state index contributed by atoms with van der Waals surface area (Å²) in [5, 5.41) is 12.7. The third-order valence-electron chi connectivity index (χ3n) is 4.22. The van der Waals surface area contributed by atoms with E-state index in [9.17, 15) is 0 Å². The van der Waals surface area contributed by atoms with E-state index in [-0.39, 0.29) is 5.92 Å². The smallest absolute Gasteiger partial charge is 0.0978 e. The monoisotopic (exact) mass is 268 g/mol. The predicted molar refractivity (Wildman–Crippen MR) is 78.4 cm³/mol. The van der Waals surface area contributed by atoms with Crippen LogP contribution < -0.4 is 5.32 Å². The van der Waals surface area contributed by atoms with Gasteiger partial charge in [0.15, 0.2) is 0 Å². The van der Waals surface area contributed by atoms with E-state index in [0.717, 1.165) is 22.9 Å². The van der Waals surface area contributed by atoms with Gasteiger partial charge in [0, 0.05) is 18.2 Å². The van der Waals surface area contributed by atoms with Gasteiger partial charge >= 0.3 is 0 Å². The maximum Gasteiger partial charge on any atom is 0.0978 e.